The summed E-state index contributed by atoms with van der Waals surface area (Å²) in [6.07, 6.45) is -1.24. The van der Waals surface area contributed by atoms with E-state index in [0.717, 1.165) is 11.1 Å². The van der Waals surface area contributed by atoms with E-state index in [1.165, 1.54) is 6.92 Å². The Bertz CT molecular complexity index is 1350. The number of benzene rings is 3. The number of hydrogen-bond acceptors (Lipinski definition) is 7. The Hall–Kier alpha value is -5.19. The minimum atomic E-state index is -1.29. The number of carbonyl (C=O) groups is 5. The Balaban J connectivity index is 1.61. The largest absolute Gasteiger partial charge is 0.480 e. The molecule has 0 aliphatic rings. The van der Waals surface area contributed by atoms with Crippen LogP contribution in [0.4, 0.5) is 4.79 Å². The quantitative estimate of drug-likeness (QED) is 0.197. The molecule has 3 rings (SSSR count). The molecule has 0 radical (unpaired) electrons. The van der Waals surface area contributed by atoms with Crippen LogP contribution in [0.1, 0.15) is 36.5 Å². The average Bonchev–Trinajstić information content (AvgIpc) is 3.01. The molecule has 0 spiro atoms. The van der Waals surface area contributed by atoms with Crippen LogP contribution in [0.15, 0.2) is 91.0 Å². The van der Waals surface area contributed by atoms with E-state index in [1.807, 2.05) is 12.1 Å². The second-order valence-electron chi connectivity index (χ2n) is 9.76. The van der Waals surface area contributed by atoms with E-state index in [0.29, 0.717) is 5.56 Å². The van der Waals surface area contributed by atoms with Crippen molar-refractivity contribution < 1.29 is 38.6 Å². The molecule has 0 aromatic heterocycles. The highest BCUT2D eigenvalue weighted by Gasteiger charge is 2.29. The van der Waals surface area contributed by atoms with Gasteiger partial charge in [0.05, 0.1) is 0 Å². The third kappa shape index (κ3) is 11.7. The molecular weight excluding hydrogens is 554 g/mol. The van der Waals surface area contributed by atoms with Gasteiger partial charge in [-0.15, -0.1) is 0 Å². The van der Waals surface area contributed by atoms with Gasteiger partial charge in [-0.2, -0.15) is 0 Å². The fourth-order valence-electron chi connectivity index (χ4n) is 3.97. The number of carboxylic acid groups (broad SMARTS) is 1. The molecule has 3 amide bonds. The Morgan fingerprint density at radius 1 is 0.651 bits per heavy atom. The molecule has 0 saturated carbocycles. The standard InChI is InChI=1S/C32H35N3O8/c1-22(33-32(41)43-21-25-15-9-4-10-16-25)29(37)34-26(17-18-28(36)42-20-24-13-7-3-8-14-24)30(38)35-27(31(39)40)19-23-11-5-2-6-12-23/h2-16,22,26-27H,17-21H2,1H3,(H,33,41)(H,34,37)(H,35,38)(H,39,40)/t22?,26-,27-/m0/s1. The minimum absolute atomic E-state index is 0.00483. The molecule has 1 unspecified atom stereocenters. The second kappa shape index (κ2) is 16.9. The molecule has 3 aromatic rings. The summed E-state index contributed by atoms with van der Waals surface area (Å²) in [5, 5.41) is 17.1. The van der Waals surface area contributed by atoms with Crippen molar-refractivity contribution in [1.29, 1.82) is 0 Å². The second-order valence-corrected chi connectivity index (χ2v) is 9.76. The molecule has 226 valence electrons. The number of aliphatic carboxylic acids is 1. The van der Waals surface area contributed by atoms with Crippen molar-refractivity contribution in [2.45, 2.75) is 57.5 Å². The van der Waals surface area contributed by atoms with Gasteiger partial charge in [-0.1, -0.05) is 91.0 Å². The van der Waals surface area contributed by atoms with Gasteiger partial charge in [-0.3, -0.25) is 14.4 Å². The predicted octanol–water partition coefficient (Wildman–Crippen LogP) is 3.12. The lowest BCUT2D eigenvalue weighted by Gasteiger charge is -2.23. The van der Waals surface area contributed by atoms with Gasteiger partial charge in [0, 0.05) is 12.8 Å². The molecule has 43 heavy (non-hydrogen) atoms. The topological polar surface area (TPSA) is 160 Å². The number of amides is 3. The van der Waals surface area contributed by atoms with Crippen molar-refractivity contribution >= 4 is 29.8 Å². The zero-order valence-electron chi connectivity index (χ0n) is 23.7. The normalized spacial score (nSPS) is 12.6. The van der Waals surface area contributed by atoms with Crippen molar-refractivity contribution in [3.8, 4) is 0 Å². The molecule has 4 N–H and O–H groups in total. The monoisotopic (exact) mass is 589 g/mol. The maximum Gasteiger partial charge on any atom is 0.408 e. The van der Waals surface area contributed by atoms with Crippen LogP contribution in [0.2, 0.25) is 0 Å². The average molecular weight is 590 g/mol. The first-order valence-electron chi connectivity index (χ1n) is 13.8. The summed E-state index contributed by atoms with van der Waals surface area (Å²) in [4.78, 5) is 62.8. The summed E-state index contributed by atoms with van der Waals surface area (Å²) >= 11 is 0. The molecular formula is C32H35N3O8. The summed E-state index contributed by atoms with van der Waals surface area (Å²) < 4.78 is 10.4. The zero-order valence-corrected chi connectivity index (χ0v) is 23.7. The molecule has 3 aromatic carbocycles. The molecule has 0 aliphatic heterocycles. The molecule has 3 atom stereocenters. The molecule has 11 nitrogen and oxygen atoms in total. The third-order valence-corrected chi connectivity index (χ3v) is 6.35. The van der Waals surface area contributed by atoms with Crippen molar-refractivity contribution in [1.82, 2.24) is 16.0 Å². The van der Waals surface area contributed by atoms with E-state index in [-0.39, 0.29) is 32.5 Å². The lowest BCUT2D eigenvalue weighted by atomic mass is 10.0. The zero-order chi connectivity index (χ0) is 31.0. The first-order valence-corrected chi connectivity index (χ1v) is 13.8. The maximum absolute atomic E-state index is 13.2. The van der Waals surface area contributed by atoms with Crippen molar-refractivity contribution in [3.63, 3.8) is 0 Å². The van der Waals surface area contributed by atoms with Crippen LogP contribution in [0.25, 0.3) is 0 Å². The molecule has 0 fully saturated rings. The van der Waals surface area contributed by atoms with Crippen molar-refractivity contribution in [2.75, 3.05) is 0 Å². The summed E-state index contributed by atoms with van der Waals surface area (Å²) in [6.45, 7) is 1.43. The van der Waals surface area contributed by atoms with Crippen molar-refractivity contribution in [3.05, 3.63) is 108 Å². The minimum Gasteiger partial charge on any atom is -0.480 e. The predicted molar refractivity (Wildman–Crippen MR) is 156 cm³/mol. The van der Waals surface area contributed by atoms with Crippen LogP contribution >= 0.6 is 0 Å². The van der Waals surface area contributed by atoms with Crippen LogP contribution in [0.5, 0.6) is 0 Å². The Labute approximate surface area is 249 Å². The summed E-state index contributed by atoms with van der Waals surface area (Å²) in [6, 6.07) is 23.1. The number of esters is 1. The molecule has 0 aliphatic carbocycles. The van der Waals surface area contributed by atoms with Gasteiger partial charge in [0.25, 0.3) is 0 Å². The summed E-state index contributed by atoms with van der Waals surface area (Å²) in [5.74, 6) is -3.40. The number of rotatable bonds is 15. The van der Waals surface area contributed by atoms with Crippen LogP contribution in [0, 0.1) is 0 Å². The molecule has 0 saturated heterocycles. The molecule has 0 heterocycles. The van der Waals surface area contributed by atoms with E-state index in [2.05, 4.69) is 16.0 Å². The number of carbonyl (C=O) groups excluding carboxylic acids is 4. The Kier molecular flexibility index (Phi) is 12.7. The van der Waals surface area contributed by atoms with Gasteiger partial charge in [0.15, 0.2) is 0 Å². The van der Waals surface area contributed by atoms with Gasteiger partial charge in [-0.05, 0) is 30.0 Å². The van der Waals surface area contributed by atoms with Crippen LogP contribution in [0.3, 0.4) is 0 Å². The number of hydrogen-bond donors (Lipinski definition) is 4. The van der Waals surface area contributed by atoms with Gasteiger partial charge < -0.3 is 30.5 Å². The summed E-state index contributed by atoms with van der Waals surface area (Å²) in [5.41, 5.74) is 2.23. The highest BCUT2D eigenvalue weighted by molar-refractivity contribution is 5.93. The Morgan fingerprint density at radius 2 is 1.14 bits per heavy atom. The lowest BCUT2D eigenvalue weighted by molar-refractivity contribution is -0.146. The van der Waals surface area contributed by atoms with Crippen LogP contribution < -0.4 is 16.0 Å². The summed E-state index contributed by atoms with van der Waals surface area (Å²) in [7, 11) is 0. The Morgan fingerprint density at radius 3 is 1.67 bits per heavy atom. The fourth-order valence-corrected chi connectivity index (χ4v) is 3.97. The maximum atomic E-state index is 13.2. The number of ether oxygens (including phenoxy) is 2. The van der Waals surface area contributed by atoms with E-state index >= 15 is 0 Å². The van der Waals surface area contributed by atoms with Gasteiger partial charge in [0.1, 0.15) is 31.3 Å². The molecule has 11 heteroatoms. The fraction of sp³-hybridized carbons (Fsp3) is 0.281. The third-order valence-electron chi connectivity index (χ3n) is 6.35. The highest BCUT2D eigenvalue weighted by atomic mass is 16.5. The van der Waals surface area contributed by atoms with Gasteiger partial charge in [0.2, 0.25) is 11.8 Å². The SMILES string of the molecule is CC(NC(=O)OCc1ccccc1)C(=O)N[C@@H](CCC(=O)OCc1ccccc1)C(=O)N[C@@H](Cc1ccccc1)C(=O)O. The van der Waals surface area contributed by atoms with E-state index < -0.39 is 48.0 Å². The highest BCUT2D eigenvalue weighted by Crippen LogP contribution is 2.08. The van der Waals surface area contributed by atoms with Crippen LogP contribution in [-0.4, -0.2) is 53.1 Å². The van der Waals surface area contributed by atoms with Crippen molar-refractivity contribution in [2.24, 2.45) is 0 Å². The first-order chi connectivity index (χ1) is 20.7. The number of nitrogens with one attached hydrogen (secondary N) is 3. The first kappa shape index (κ1) is 32.3. The van der Waals surface area contributed by atoms with Crippen LogP contribution in [-0.2, 0) is 48.3 Å². The van der Waals surface area contributed by atoms with E-state index in [4.69, 9.17) is 9.47 Å². The lowest BCUT2D eigenvalue weighted by Crippen LogP contribution is -2.55. The van der Waals surface area contributed by atoms with E-state index in [1.54, 1.807) is 78.9 Å². The van der Waals surface area contributed by atoms with Gasteiger partial charge >= 0.3 is 18.0 Å². The number of alkyl carbamates (subject to hydrolysis) is 1. The van der Waals surface area contributed by atoms with Gasteiger partial charge in [-0.25, -0.2) is 9.59 Å². The van der Waals surface area contributed by atoms with E-state index in [9.17, 15) is 29.1 Å². The smallest absolute Gasteiger partial charge is 0.408 e. The molecule has 0 bridgehead atoms. The number of carboxylic acids is 1.